The van der Waals surface area contributed by atoms with Gasteiger partial charge in [0, 0.05) is 16.5 Å². The topological polar surface area (TPSA) is 74.7 Å². The largest absolute Gasteiger partial charge is 0.377 e. The van der Waals surface area contributed by atoms with Crippen LogP contribution < -0.4 is 15.9 Å². The highest BCUT2D eigenvalue weighted by Gasteiger charge is 2.23. The predicted octanol–water partition coefficient (Wildman–Crippen LogP) is 0.593. The van der Waals surface area contributed by atoms with Gasteiger partial charge >= 0.3 is 0 Å². The lowest BCUT2D eigenvalue weighted by atomic mass is 10.1. The van der Waals surface area contributed by atoms with Gasteiger partial charge in [0.1, 0.15) is 24.4 Å². The maximum absolute atomic E-state index is 6.03. The third-order valence-electron chi connectivity index (χ3n) is 4.63. The van der Waals surface area contributed by atoms with Crippen molar-refractivity contribution in [2.24, 2.45) is 0 Å². The SMILES string of the molecule is C#Cc1cccc(Nc2ncnc3c2=CC2OCCOCCOCCOC2C=3)c1. The smallest absolute Gasteiger partial charge is 0.141 e. The van der Waals surface area contributed by atoms with E-state index in [4.69, 9.17) is 25.4 Å². The third-order valence-corrected chi connectivity index (χ3v) is 4.63. The van der Waals surface area contributed by atoms with Crippen molar-refractivity contribution in [3.8, 4) is 12.3 Å². The highest BCUT2D eigenvalue weighted by atomic mass is 16.6. The molecule has 1 fully saturated rings. The minimum Gasteiger partial charge on any atom is -0.377 e. The van der Waals surface area contributed by atoms with Crippen molar-refractivity contribution in [1.29, 1.82) is 0 Å². The van der Waals surface area contributed by atoms with Crippen LogP contribution in [-0.4, -0.2) is 61.8 Å². The van der Waals surface area contributed by atoms with E-state index in [0.717, 1.165) is 21.8 Å². The van der Waals surface area contributed by atoms with Crippen molar-refractivity contribution in [2.75, 3.05) is 45.0 Å². The van der Waals surface area contributed by atoms with Gasteiger partial charge < -0.3 is 24.3 Å². The van der Waals surface area contributed by atoms with E-state index in [0.29, 0.717) is 45.5 Å². The summed E-state index contributed by atoms with van der Waals surface area (Å²) in [4.78, 5) is 8.83. The minimum absolute atomic E-state index is 0.252. The molecule has 2 heterocycles. The van der Waals surface area contributed by atoms with E-state index in [-0.39, 0.29) is 12.2 Å². The van der Waals surface area contributed by atoms with Gasteiger partial charge in [-0.05, 0) is 30.4 Å². The molecule has 1 aliphatic heterocycles. The lowest BCUT2D eigenvalue weighted by Crippen LogP contribution is -2.44. The van der Waals surface area contributed by atoms with Crippen molar-refractivity contribution in [1.82, 2.24) is 9.97 Å². The van der Waals surface area contributed by atoms with Crippen LogP contribution in [0.4, 0.5) is 11.5 Å². The van der Waals surface area contributed by atoms with E-state index in [1.807, 2.05) is 36.4 Å². The van der Waals surface area contributed by atoms with E-state index in [1.54, 1.807) is 0 Å². The molecular formula is C22H23N3O4. The maximum Gasteiger partial charge on any atom is 0.141 e. The van der Waals surface area contributed by atoms with E-state index >= 15 is 0 Å². The van der Waals surface area contributed by atoms with Gasteiger partial charge in [-0.25, -0.2) is 9.97 Å². The maximum atomic E-state index is 6.03. The molecule has 7 heteroatoms. The van der Waals surface area contributed by atoms with Crippen molar-refractivity contribution >= 4 is 23.7 Å². The number of nitrogens with one attached hydrogen (secondary N) is 1. The van der Waals surface area contributed by atoms with Crippen LogP contribution in [0.1, 0.15) is 5.56 Å². The standard InChI is InChI=1S/C22H23N3O4/c1-2-16-4-3-5-17(12-16)25-22-18-13-20-21(14-19(18)23-15-24-22)29-11-9-27-7-6-26-8-10-28-20/h1,3-5,12-15,20-21H,6-11H2,(H,23,24,25). The Balaban J connectivity index is 1.63. The number of rotatable bonds is 2. The number of hydrogen-bond acceptors (Lipinski definition) is 7. The van der Waals surface area contributed by atoms with Crippen molar-refractivity contribution < 1.29 is 18.9 Å². The monoisotopic (exact) mass is 393 g/mol. The second-order valence-corrected chi connectivity index (χ2v) is 6.60. The van der Waals surface area contributed by atoms with Gasteiger partial charge in [0.25, 0.3) is 0 Å². The Kier molecular flexibility index (Phi) is 6.49. The summed E-state index contributed by atoms with van der Waals surface area (Å²) in [6.45, 7) is 3.05. The number of hydrogen-bond donors (Lipinski definition) is 1. The summed E-state index contributed by atoms with van der Waals surface area (Å²) < 4.78 is 23.0. The Hall–Kier alpha value is -2.76. The van der Waals surface area contributed by atoms with Crippen molar-refractivity contribution in [3.05, 3.63) is 46.7 Å². The average molecular weight is 393 g/mol. The fourth-order valence-electron chi connectivity index (χ4n) is 3.23. The molecule has 2 unspecified atom stereocenters. The van der Waals surface area contributed by atoms with Gasteiger partial charge in [-0.3, -0.25) is 0 Å². The molecule has 1 saturated heterocycles. The Bertz CT molecular complexity index is 1000. The summed E-state index contributed by atoms with van der Waals surface area (Å²) in [7, 11) is 0. The van der Waals surface area contributed by atoms with Gasteiger partial charge in [0.2, 0.25) is 0 Å². The fourth-order valence-corrected chi connectivity index (χ4v) is 3.23. The highest BCUT2D eigenvalue weighted by Crippen LogP contribution is 2.15. The number of nitrogens with zero attached hydrogens (tertiary/aromatic N) is 2. The molecule has 150 valence electrons. The second kappa shape index (κ2) is 9.63. The van der Waals surface area contributed by atoms with E-state index in [2.05, 4.69) is 21.2 Å². The molecule has 4 rings (SSSR count). The molecule has 29 heavy (non-hydrogen) atoms. The van der Waals surface area contributed by atoms with Crippen LogP contribution in [-0.2, 0) is 18.9 Å². The molecule has 2 atom stereocenters. The van der Waals surface area contributed by atoms with Gasteiger partial charge in [0.05, 0.1) is 45.0 Å². The summed E-state index contributed by atoms with van der Waals surface area (Å²) in [5, 5.41) is 5.00. The first-order valence-electron chi connectivity index (χ1n) is 9.60. The van der Waals surface area contributed by atoms with Crippen LogP contribution in [0.2, 0.25) is 0 Å². The number of ether oxygens (including phenoxy) is 4. The molecule has 0 saturated carbocycles. The number of anilines is 2. The summed E-state index contributed by atoms with van der Waals surface area (Å²) >= 11 is 0. The highest BCUT2D eigenvalue weighted by molar-refractivity contribution is 5.61. The normalized spacial score (nSPS) is 22.3. The third kappa shape index (κ3) is 5.00. The van der Waals surface area contributed by atoms with E-state index in [9.17, 15) is 0 Å². The summed E-state index contributed by atoms with van der Waals surface area (Å²) in [5.41, 5.74) is 1.66. The fraction of sp³-hybridized carbons (Fsp3) is 0.364. The first-order valence-corrected chi connectivity index (χ1v) is 9.60. The van der Waals surface area contributed by atoms with Crippen LogP contribution >= 0.6 is 0 Å². The summed E-state index contributed by atoms with van der Waals surface area (Å²) in [6, 6.07) is 7.63. The zero-order valence-electron chi connectivity index (χ0n) is 16.0. The van der Waals surface area contributed by atoms with Crippen LogP contribution in [0.3, 0.4) is 0 Å². The molecule has 1 aromatic carbocycles. The van der Waals surface area contributed by atoms with Gasteiger partial charge in [0.15, 0.2) is 0 Å². The molecule has 1 N–H and O–H groups in total. The summed E-state index contributed by atoms with van der Waals surface area (Å²) in [6.07, 6.45) is 10.5. The Morgan fingerprint density at radius 2 is 1.66 bits per heavy atom. The molecule has 2 aromatic rings. The lowest BCUT2D eigenvalue weighted by molar-refractivity contribution is -0.0666. The number of terminal acetylenes is 1. The quantitative estimate of drug-likeness (QED) is 0.749. The molecule has 7 nitrogen and oxygen atoms in total. The first kappa shape index (κ1) is 19.6. The average Bonchev–Trinajstić information content (AvgIpc) is 2.74. The van der Waals surface area contributed by atoms with Crippen molar-refractivity contribution in [2.45, 2.75) is 12.2 Å². The molecule has 1 aromatic heterocycles. The molecule has 2 aliphatic rings. The lowest BCUT2D eigenvalue weighted by Gasteiger charge is -2.26. The summed E-state index contributed by atoms with van der Waals surface area (Å²) in [5.74, 6) is 3.33. The van der Waals surface area contributed by atoms with Crippen LogP contribution in [0, 0.1) is 12.3 Å². The van der Waals surface area contributed by atoms with E-state index in [1.165, 1.54) is 6.33 Å². The first-order chi connectivity index (χ1) is 14.3. The molecular weight excluding hydrogens is 370 g/mol. The van der Waals surface area contributed by atoms with Gasteiger partial charge in [-0.2, -0.15) is 0 Å². The Morgan fingerprint density at radius 1 is 0.931 bits per heavy atom. The Morgan fingerprint density at radius 3 is 2.41 bits per heavy atom. The molecule has 0 radical (unpaired) electrons. The zero-order valence-corrected chi connectivity index (χ0v) is 16.0. The number of benzene rings is 1. The number of aromatic nitrogens is 2. The second-order valence-electron chi connectivity index (χ2n) is 6.60. The van der Waals surface area contributed by atoms with Gasteiger partial charge in [-0.1, -0.05) is 12.0 Å². The number of fused-ring (bicyclic) bond motifs is 2. The van der Waals surface area contributed by atoms with E-state index < -0.39 is 0 Å². The van der Waals surface area contributed by atoms with Crippen LogP contribution in [0.15, 0.2) is 30.6 Å². The van der Waals surface area contributed by atoms with Gasteiger partial charge in [-0.15, -0.1) is 6.42 Å². The molecule has 1 aliphatic carbocycles. The van der Waals surface area contributed by atoms with Crippen LogP contribution in [0.25, 0.3) is 12.2 Å². The Labute approximate surface area is 169 Å². The predicted molar refractivity (Wildman–Crippen MR) is 109 cm³/mol. The van der Waals surface area contributed by atoms with Crippen LogP contribution in [0.5, 0.6) is 0 Å². The molecule has 0 amide bonds. The van der Waals surface area contributed by atoms with Crippen molar-refractivity contribution in [3.63, 3.8) is 0 Å². The zero-order chi connectivity index (χ0) is 19.9. The minimum atomic E-state index is -0.269. The molecule has 0 spiro atoms. The molecule has 0 bridgehead atoms.